The van der Waals surface area contributed by atoms with E-state index in [0.29, 0.717) is 13.2 Å². The molecule has 0 radical (unpaired) electrons. The van der Waals surface area contributed by atoms with Crippen molar-refractivity contribution in [3.8, 4) is 5.75 Å². The fourth-order valence-electron chi connectivity index (χ4n) is 3.18. The van der Waals surface area contributed by atoms with Gasteiger partial charge in [0, 0.05) is 0 Å². The van der Waals surface area contributed by atoms with Gasteiger partial charge < -0.3 is 23.7 Å². The van der Waals surface area contributed by atoms with Gasteiger partial charge in [0.25, 0.3) is 5.82 Å². The van der Waals surface area contributed by atoms with Crippen molar-refractivity contribution in [2.45, 2.75) is 38.1 Å². The van der Waals surface area contributed by atoms with E-state index >= 15 is 0 Å². The number of methoxy groups -OCH3 is 1. The van der Waals surface area contributed by atoms with E-state index in [4.69, 9.17) is 18.9 Å². The SMILES string of the molecule is COC(=O)c1ncn(CO[C@@H]2CO[C@H]3[C@@H]2OC[C@@H]3Oc2ccc(C)cc2)n1. The monoisotopic (exact) mass is 375 g/mol. The summed E-state index contributed by atoms with van der Waals surface area (Å²) < 4.78 is 29.6. The standard InChI is InChI=1S/C18H21N3O6/c1-11-3-5-12(6-4-11)27-14-8-25-15-13(7-24-16(14)15)26-10-21-9-19-17(20-21)18(22)23-2/h3-6,9,13-16H,7-8,10H2,1-2H3/t13-,14+,15-,16-/m1/s1. The topological polar surface area (TPSA) is 93.9 Å². The van der Waals surface area contributed by atoms with Gasteiger partial charge in [0.1, 0.15) is 37.1 Å². The lowest BCUT2D eigenvalue weighted by Crippen LogP contribution is -2.35. The molecule has 9 heteroatoms. The Morgan fingerprint density at radius 1 is 1.19 bits per heavy atom. The maximum Gasteiger partial charge on any atom is 0.377 e. The van der Waals surface area contributed by atoms with Crippen molar-refractivity contribution < 1.29 is 28.5 Å². The number of nitrogens with zero attached hydrogens (tertiary/aromatic N) is 3. The second-order valence-electron chi connectivity index (χ2n) is 6.50. The Morgan fingerprint density at radius 2 is 1.89 bits per heavy atom. The summed E-state index contributed by atoms with van der Waals surface area (Å²) in [5.41, 5.74) is 1.18. The molecule has 3 heterocycles. The highest BCUT2D eigenvalue weighted by atomic mass is 16.6. The van der Waals surface area contributed by atoms with Gasteiger partial charge in [0.2, 0.25) is 0 Å². The second kappa shape index (κ2) is 7.63. The van der Waals surface area contributed by atoms with Crippen LogP contribution in [0.25, 0.3) is 0 Å². The molecule has 27 heavy (non-hydrogen) atoms. The molecule has 2 saturated heterocycles. The van der Waals surface area contributed by atoms with Crippen LogP contribution in [0.1, 0.15) is 16.2 Å². The van der Waals surface area contributed by atoms with Crippen LogP contribution in [-0.2, 0) is 25.7 Å². The summed E-state index contributed by atoms with van der Waals surface area (Å²) in [5, 5.41) is 4.01. The van der Waals surface area contributed by atoms with Gasteiger partial charge in [-0.25, -0.2) is 14.5 Å². The summed E-state index contributed by atoms with van der Waals surface area (Å²) in [4.78, 5) is 15.3. The molecule has 0 bridgehead atoms. The van der Waals surface area contributed by atoms with Gasteiger partial charge in [0.15, 0.2) is 6.10 Å². The van der Waals surface area contributed by atoms with Gasteiger partial charge in [0.05, 0.1) is 20.3 Å². The molecule has 0 N–H and O–H groups in total. The Kier molecular flexibility index (Phi) is 5.06. The van der Waals surface area contributed by atoms with E-state index in [-0.39, 0.29) is 37.0 Å². The number of carbonyl (C=O) groups is 1. The third-order valence-corrected chi connectivity index (χ3v) is 4.60. The smallest absolute Gasteiger partial charge is 0.377 e. The molecule has 0 spiro atoms. The molecule has 1 aromatic heterocycles. The van der Waals surface area contributed by atoms with Gasteiger partial charge in [-0.1, -0.05) is 17.7 Å². The van der Waals surface area contributed by atoms with Gasteiger partial charge in [-0.3, -0.25) is 0 Å². The van der Waals surface area contributed by atoms with Crippen molar-refractivity contribution in [1.82, 2.24) is 14.8 Å². The predicted octanol–water partition coefficient (Wildman–Crippen LogP) is 0.961. The van der Waals surface area contributed by atoms with Crippen molar-refractivity contribution >= 4 is 5.97 Å². The largest absolute Gasteiger partial charge is 0.485 e. The maximum atomic E-state index is 11.4. The van der Waals surface area contributed by atoms with Gasteiger partial charge >= 0.3 is 5.97 Å². The van der Waals surface area contributed by atoms with Gasteiger partial charge in [-0.15, -0.1) is 5.10 Å². The van der Waals surface area contributed by atoms with Crippen LogP contribution in [0.3, 0.4) is 0 Å². The molecule has 1 aromatic carbocycles. The number of aryl methyl sites for hydroxylation is 1. The van der Waals surface area contributed by atoms with Gasteiger partial charge in [-0.05, 0) is 19.1 Å². The zero-order valence-corrected chi connectivity index (χ0v) is 15.1. The van der Waals surface area contributed by atoms with Crippen molar-refractivity contribution in [2.24, 2.45) is 0 Å². The van der Waals surface area contributed by atoms with Gasteiger partial charge in [-0.2, -0.15) is 0 Å². The number of esters is 1. The Hall–Kier alpha value is -2.49. The Labute approximate surface area is 156 Å². The molecule has 4 rings (SSSR count). The average molecular weight is 375 g/mol. The van der Waals surface area contributed by atoms with E-state index in [1.807, 2.05) is 31.2 Å². The van der Waals surface area contributed by atoms with Crippen LogP contribution in [0.2, 0.25) is 0 Å². The lowest BCUT2D eigenvalue weighted by molar-refractivity contribution is -0.0634. The number of hydrogen-bond acceptors (Lipinski definition) is 8. The molecule has 2 fully saturated rings. The Morgan fingerprint density at radius 3 is 2.63 bits per heavy atom. The molecule has 144 valence electrons. The fourth-order valence-corrected chi connectivity index (χ4v) is 3.18. The number of rotatable bonds is 6. The molecular formula is C18H21N3O6. The minimum atomic E-state index is -0.590. The minimum Gasteiger partial charge on any atom is -0.485 e. The van der Waals surface area contributed by atoms with E-state index < -0.39 is 5.97 Å². The van der Waals surface area contributed by atoms with Crippen LogP contribution in [0.15, 0.2) is 30.6 Å². The summed E-state index contributed by atoms with van der Waals surface area (Å²) in [7, 11) is 1.28. The van der Waals surface area contributed by atoms with Crippen LogP contribution >= 0.6 is 0 Å². The number of aromatic nitrogens is 3. The Bertz CT molecular complexity index is 793. The van der Waals surface area contributed by atoms with Crippen molar-refractivity contribution in [2.75, 3.05) is 20.3 Å². The first-order chi connectivity index (χ1) is 13.1. The molecule has 2 aromatic rings. The normalized spacial score (nSPS) is 26.7. The molecular weight excluding hydrogens is 354 g/mol. The first-order valence-electron chi connectivity index (χ1n) is 8.70. The molecule has 0 amide bonds. The molecule has 0 aliphatic carbocycles. The van der Waals surface area contributed by atoms with Crippen LogP contribution in [0.4, 0.5) is 0 Å². The number of ether oxygens (including phenoxy) is 5. The van der Waals surface area contributed by atoms with Crippen LogP contribution in [0.5, 0.6) is 5.75 Å². The van der Waals surface area contributed by atoms with E-state index in [1.54, 1.807) is 0 Å². The summed E-state index contributed by atoms with van der Waals surface area (Å²) in [5.74, 6) is 0.194. The maximum absolute atomic E-state index is 11.4. The number of carbonyl (C=O) groups excluding carboxylic acids is 1. The zero-order valence-electron chi connectivity index (χ0n) is 15.1. The summed E-state index contributed by atoms with van der Waals surface area (Å²) in [6.07, 6.45) is 0.607. The third kappa shape index (κ3) is 3.80. The van der Waals surface area contributed by atoms with Crippen molar-refractivity contribution in [3.05, 3.63) is 42.0 Å². The summed E-state index contributed by atoms with van der Waals surface area (Å²) in [6.45, 7) is 3.01. The number of benzene rings is 1. The van der Waals surface area contributed by atoms with Crippen LogP contribution in [-0.4, -0.2) is 65.5 Å². The van der Waals surface area contributed by atoms with E-state index in [9.17, 15) is 4.79 Å². The van der Waals surface area contributed by atoms with Crippen LogP contribution < -0.4 is 4.74 Å². The number of fused-ring (bicyclic) bond motifs is 1. The molecule has 2 aliphatic heterocycles. The fraction of sp³-hybridized carbons (Fsp3) is 0.500. The molecule has 0 unspecified atom stereocenters. The highest BCUT2D eigenvalue weighted by molar-refractivity contribution is 5.84. The molecule has 9 nitrogen and oxygen atoms in total. The first kappa shape index (κ1) is 17.9. The third-order valence-electron chi connectivity index (χ3n) is 4.60. The molecule has 2 aliphatic rings. The molecule has 4 atom stereocenters. The van der Waals surface area contributed by atoms with Crippen molar-refractivity contribution in [1.29, 1.82) is 0 Å². The zero-order chi connectivity index (χ0) is 18.8. The predicted molar refractivity (Wildman–Crippen MR) is 91.3 cm³/mol. The highest BCUT2D eigenvalue weighted by Gasteiger charge is 2.49. The second-order valence-corrected chi connectivity index (χ2v) is 6.50. The number of hydrogen-bond donors (Lipinski definition) is 0. The van der Waals surface area contributed by atoms with E-state index in [1.165, 1.54) is 23.7 Å². The average Bonchev–Trinajstić information content (AvgIpc) is 3.39. The lowest BCUT2D eigenvalue weighted by atomic mass is 10.1. The van der Waals surface area contributed by atoms with Crippen molar-refractivity contribution in [3.63, 3.8) is 0 Å². The van der Waals surface area contributed by atoms with E-state index in [2.05, 4.69) is 14.8 Å². The lowest BCUT2D eigenvalue weighted by Gasteiger charge is -2.18. The van der Waals surface area contributed by atoms with Crippen LogP contribution in [0, 0.1) is 6.92 Å². The minimum absolute atomic E-state index is 0.00896. The summed E-state index contributed by atoms with van der Waals surface area (Å²) in [6, 6.07) is 7.89. The Balaban J connectivity index is 1.31. The highest BCUT2D eigenvalue weighted by Crippen LogP contribution is 2.31. The first-order valence-corrected chi connectivity index (χ1v) is 8.70. The van der Waals surface area contributed by atoms with E-state index in [0.717, 1.165) is 5.75 Å². The summed E-state index contributed by atoms with van der Waals surface area (Å²) >= 11 is 0. The molecule has 0 saturated carbocycles. The quantitative estimate of drug-likeness (QED) is 0.689.